The lowest BCUT2D eigenvalue weighted by molar-refractivity contribution is -0.305. The highest BCUT2D eigenvalue weighted by molar-refractivity contribution is 5.80. The Morgan fingerprint density at radius 2 is 0.896 bits per heavy atom. The van der Waals surface area contributed by atoms with Gasteiger partial charge in [0.2, 0.25) is 5.91 Å². The van der Waals surface area contributed by atoms with Crippen molar-refractivity contribution in [2.24, 2.45) is 0 Å². The molecule has 0 saturated carbocycles. The molecule has 1 fully saturated rings. The molecule has 1 amide bonds. The zero-order chi connectivity index (χ0) is 56.1. The molecule has 1 aliphatic heterocycles. The Labute approximate surface area is 471 Å². The second kappa shape index (κ2) is 54.0. The molecule has 0 aromatic carbocycles. The number of unbranched alkanes of at least 4 members (excludes halogenated alkanes) is 32. The fourth-order valence-electron chi connectivity index (χ4n) is 9.77. The lowest BCUT2D eigenvalue weighted by atomic mass is 9.99. The van der Waals surface area contributed by atoms with Crippen molar-refractivity contribution in [3.63, 3.8) is 0 Å². The van der Waals surface area contributed by atoms with E-state index in [-0.39, 0.29) is 19.4 Å². The minimum Gasteiger partial charge on any atom is -0.454 e. The van der Waals surface area contributed by atoms with Crippen molar-refractivity contribution in [1.82, 2.24) is 5.32 Å². The van der Waals surface area contributed by atoms with Crippen LogP contribution in [0.25, 0.3) is 0 Å². The molecule has 1 aliphatic rings. The highest BCUT2D eigenvalue weighted by Crippen LogP contribution is 2.26. The zero-order valence-electron chi connectivity index (χ0n) is 49.6. The molecule has 0 aromatic heterocycles. The number of amides is 1. The fourth-order valence-corrected chi connectivity index (χ4v) is 9.77. The Hall–Kier alpha value is -2.64. The monoisotopic (exact) mass is 1090 g/mol. The summed E-state index contributed by atoms with van der Waals surface area (Å²) in [5.74, 6) is -1.20. The Balaban J connectivity index is 2.64. The molecule has 1 rings (SSSR count). The summed E-state index contributed by atoms with van der Waals surface area (Å²) >= 11 is 0. The van der Waals surface area contributed by atoms with Crippen LogP contribution in [-0.2, 0) is 23.8 Å². The van der Waals surface area contributed by atoms with Gasteiger partial charge in [-0.25, -0.2) is 0 Å². The van der Waals surface area contributed by atoms with Gasteiger partial charge in [-0.2, -0.15) is 0 Å². The van der Waals surface area contributed by atoms with E-state index in [1.165, 1.54) is 141 Å². The van der Waals surface area contributed by atoms with Gasteiger partial charge in [0.15, 0.2) is 12.4 Å². The van der Waals surface area contributed by atoms with Crippen molar-refractivity contribution in [3.05, 3.63) is 60.8 Å². The summed E-state index contributed by atoms with van der Waals surface area (Å²) in [5.41, 5.74) is 0. The summed E-state index contributed by atoms with van der Waals surface area (Å²) in [6.45, 7) is 5.76. The van der Waals surface area contributed by atoms with E-state index in [4.69, 9.17) is 14.2 Å². The summed E-state index contributed by atoms with van der Waals surface area (Å²) in [4.78, 5) is 26.6. The third kappa shape index (κ3) is 42.0. The lowest BCUT2D eigenvalue weighted by Crippen LogP contribution is -2.61. The molecule has 0 aromatic rings. The van der Waals surface area contributed by atoms with Crippen LogP contribution in [0, 0.1) is 0 Å². The van der Waals surface area contributed by atoms with E-state index < -0.39 is 67.4 Å². The van der Waals surface area contributed by atoms with Gasteiger partial charge in [0.05, 0.1) is 25.4 Å². The van der Waals surface area contributed by atoms with Crippen LogP contribution in [-0.4, -0.2) is 99.6 Å². The Morgan fingerprint density at radius 1 is 0.506 bits per heavy atom. The molecule has 0 radical (unpaired) electrons. The fraction of sp³-hybridized carbons (Fsp3) is 0.818. The SMILES string of the molecule is CCCCC/C=C\C/C=C\C/C=C\CCCCCCCCCCC(=O)OC1C(OCC(NC(=O)C(O)CCCCCCCC/C=C/CCCCCCCC)C(O)/C=C/CCCCCCCCCCC)OC(CO)C(O)C1O. The summed E-state index contributed by atoms with van der Waals surface area (Å²) in [5, 5.41) is 57.0. The number of carbonyl (C=O) groups is 2. The van der Waals surface area contributed by atoms with Gasteiger partial charge in [-0.3, -0.25) is 9.59 Å². The maximum Gasteiger partial charge on any atom is 0.306 e. The standard InChI is InChI=1S/C66H119NO10/c1-4-7-10-13-16-19-22-24-26-28-29-30-31-32-34-36-39-42-45-48-51-54-61(71)77-64-63(73)62(72)60(55-68)76-66(64)75-56-57(58(69)52-49-46-43-40-37-21-18-15-12-9-6-3)67-65(74)59(70)53-50-47-44-41-38-35-33-27-25-23-20-17-14-11-8-5-2/h16,19,24-27,29-30,49,52,57-60,62-64,66,68-70,72-73H,4-15,17-18,20-23,28,31-48,50-51,53-56H2,1-3H3,(H,67,74)/b19-16-,26-24-,27-25+,30-29-,52-49+. The number of esters is 1. The number of aliphatic hydroxyl groups excluding tert-OH is 5. The average molecular weight is 1090 g/mol. The van der Waals surface area contributed by atoms with E-state index in [0.717, 1.165) is 96.3 Å². The summed E-state index contributed by atoms with van der Waals surface area (Å²) in [6.07, 6.45) is 56.8. The molecule has 8 unspecified atom stereocenters. The second-order valence-corrected chi connectivity index (χ2v) is 22.1. The molecular formula is C66H119NO10. The summed E-state index contributed by atoms with van der Waals surface area (Å²) in [7, 11) is 0. The molecular weight excluding hydrogens is 967 g/mol. The van der Waals surface area contributed by atoms with Crippen LogP contribution in [0.2, 0.25) is 0 Å². The van der Waals surface area contributed by atoms with E-state index in [0.29, 0.717) is 12.8 Å². The van der Waals surface area contributed by atoms with Crippen molar-refractivity contribution in [2.45, 2.75) is 333 Å². The highest BCUT2D eigenvalue weighted by atomic mass is 16.7. The lowest BCUT2D eigenvalue weighted by Gasteiger charge is -2.41. The Morgan fingerprint density at radius 3 is 1.38 bits per heavy atom. The molecule has 1 saturated heterocycles. The number of allylic oxidation sites excluding steroid dienone is 9. The van der Waals surface area contributed by atoms with Crippen LogP contribution in [0.4, 0.5) is 0 Å². The number of nitrogens with one attached hydrogen (secondary N) is 1. The Kier molecular flexibility index (Phi) is 50.7. The van der Waals surface area contributed by atoms with Gasteiger partial charge >= 0.3 is 5.97 Å². The maximum atomic E-state index is 13.4. The molecule has 11 heteroatoms. The van der Waals surface area contributed by atoms with Gasteiger partial charge in [-0.1, -0.05) is 248 Å². The van der Waals surface area contributed by atoms with E-state index in [9.17, 15) is 35.1 Å². The van der Waals surface area contributed by atoms with E-state index in [2.05, 4.69) is 74.7 Å². The molecule has 448 valence electrons. The molecule has 0 bridgehead atoms. The van der Waals surface area contributed by atoms with E-state index >= 15 is 0 Å². The van der Waals surface area contributed by atoms with Crippen molar-refractivity contribution in [1.29, 1.82) is 0 Å². The minimum atomic E-state index is -1.62. The molecule has 8 atom stereocenters. The predicted octanol–water partition coefficient (Wildman–Crippen LogP) is 15.4. The van der Waals surface area contributed by atoms with Crippen LogP contribution in [0.5, 0.6) is 0 Å². The van der Waals surface area contributed by atoms with Crippen LogP contribution < -0.4 is 5.32 Å². The number of rotatable bonds is 54. The average Bonchev–Trinajstić information content (AvgIpc) is 3.43. The molecule has 0 aliphatic carbocycles. The third-order valence-corrected chi connectivity index (χ3v) is 14.9. The van der Waals surface area contributed by atoms with Crippen LogP contribution >= 0.6 is 0 Å². The summed E-state index contributed by atoms with van der Waals surface area (Å²) < 4.78 is 17.6. The van der Waals surface area contributed by atoms with Gasteiger partial charge in [-0.05, 0) is 89.9 Å². The van der Waals surface area contributed by atoms with Crippen molar-refractivity contribution >= 4 is 11.9 Å². The number of hydrogen-bond acceptors (Lipinski definition) is 10. The van der Waals surface area contributed by atoms with Gasteiger partial charge in [0.1, 0.15) is 24.4 Å². The second-order valence-electron chi connectivity index (χ2n) is 22.1. The van der Waals surface area contributed by atoms with E-state index in [1.54, 1.807) is 6.08 Å². The smallest absolute Gasteiger partial charge is 0.306 e. The minimum absolute atomic E-state index is 0.114. The van der Waals surface area contributed by atoms with Crippen LogP contribution in [0.15, 0.2) is 60.8 Å². The number of aliphatic hydroxyl groups is 5. The normalized spacial score (nSPS) is 19.4. The number of hydrogen-bond donors (Lipinski definition) is 6. The first-order valence-corrected chi connectivity index (χ1v) is 32.1. The number of carbonyl (C=O) groups excluding carboxylic acids is 2. The van der Waals surface area contributed by atoms with Crippen molar-refractivity contribution in [3.8, 4) is 0 Å². The first-order valence-electron chi connectivity index (χ1n) is 32.1. The van der Waals surface area contributed by atoms with Gasteiger partial charge < -0.3 is 45.1 Å². The van der Waals surface area contributed by atoms with Crippen LogP contribution in [0.1, 0.15) is 284 Å². The molecule has 11 nitrogen and oxygen atoms in total. The van der Waals surface area contributed by atoms with Gasteiger partial charge in [-0.15, -0.1) is 0 Å². The third-order valence-electron chi connectivity index (χ3n) is 14.9. The predicted molar refractivity (Wildman–Crippen MR) is 320 cm³/mol. The summed E-state index contributed by atoms with van der Waals surface area (Å²) in [6, 6.07) is -1.03. The van der Waals surface area contributed by atoms with Crippen molar-refractivity contribution < 1.29 is 49.3 Å². The number of ether oxygens (including phenoxy) is 3. The highest BCUT2D eigenvalue weighted by Gasteiger charge is 2.47. The zero-order valence-corrected chi connectivity index (χ0v) is 49.6. The molecule has 6 N–H and O–H groups in total. The molecule has 0 spiro atoms. The Bertz CT molecular complexity index is 1480. The quantitative estimate of drug-likeness (QED) is 0.0195. The van der Waals surface area contributed by atoms with Crippen LogP contribution in [0.3, 0.4) is 0 Å². The topological polar surface area (TPSA) is 175 Å². The first-order chi connectivity index (χ1) is 37.7. The van der Waals surface area contributed by atoms with Gasteiger partial charge in [0.25, 0.3) is 0 Å². The van der Waals surface area contributed by atoms with Gasteiger partial charge in [0, 0.05) is 6.42 Å². The largest absolute Gasteiger partial charge is 0.454 e. The molecule has 77 heavy (non-hydrogen) atoms. The van der Waals surface area contributed by atoms with E-state index in [1.807, 2.05) is 6.08 Å². The molecule has 1 heterocycles. The maximum absolute atomic E-state index is 13.4. The van der Waals surface area contributed by atoms with Crippen molar-refractivity contribution in [2.75, 3.05) is 13.2 Å². The first kappa shape index (κ1) is 72.4.